The van der Waals surface area contributed by atoms with Crippen molar-refractivity contribution in [3.8, 4) is 12.3 Å². The molecule has 16 heavy (non-hydrogen) atoms. The SMILES string of the molecule is C#CCC/C=C/C1SCC(C(C)(C)C)CS1. The topological polar surface area (TPSA) is 0 Å². The second-order valence-electron chi connectivity index (χ2n) is 5.27. The Labute approximate surface area is 109 Å². The molecule has 0 radical (unpaired) electrons. The predicted octanol–water partition coefficient (Wildman–Crippen LogP) is 4.42. The number of rotatable bonds is 3. The van der Waals surface area contributed by atoms with Gasteiger partial charge in [-0.15, -0.1) is 35.9 Å². The van der Waals surface area contributed by atoms with Crippen LogP contribution in [0.2, 0.25) is 0 Å². The number of thioether (sulfide) groups is 2. The van der Waals surface area contributed by atoms with Crippen LogP contribution in [0.5, 0.6) is 0 Å². The van der Waals surface area contributed by atoms with Crippen molar-refractivity contribution in [2.45, 2.75) is 38.2 Å². The molecule has 1 fully saturated rings. The van der Waals surface area contributed by atoms with Gasteiger partial charge in [0, 0.05) is 6.42 Å². The molecule has 1 aliphatic heterocycles. The van der Waals surface area contributed by atoms with Crippen LogP contribution in [-0.2, 0) is 0 Å². The highest BCUT2D eigenvalue weighted by atomic mass is 32.2. The molecule has 0 spiro atoms. The highest BCUT2D eigenvalue weighted by Gasteiger charge is 2.29. The van der Waals surface area contributed by atoms with Gasteiger partial charge >= 0.3 is 0 Å². The molecule has 1 rings (SSSR count). The number of unbranched alkanes of at least 4 members (excludes halogenated alkanes) is 1. The van der Waals surface area contributed by atoms with E-state index in [0.29, 0.717) is 10.00 Å². The summed E-state index contributed by atoms with van der Waals surface area (Å²) in [6.07, 6.45) is 11.7. The summed E-state index contributed by atoms with van der Waals surface area (Å²) in [5, 5.41) is 0. The summed E-state index contributed by atoms with van der Waals surface area (Å²) < 4.78 is 0.649. The Hall–Kier alpha value is -0.000000000000000111. The second kappa shape index (κ2) is 6.67. The fourth-order valence-corrected chi connectivity index (χ4v) is 5.03. The van der Waals surface area contributed by atoms with Crippen LogP contribution >= 0.6 is 23.5 Å². The average molecular weight is 254 g/mol. The standard InChI is InChI=1S/C14H22S2/c1-5-6-7-8-9-13-15-10-12(11-16-13)14(2,3)4/h1,8-9,12-13H,6-7,10-11H2,2-4H3/b9-8+. The van der Waals surface area contributed by atoms with Gasteiger partial charge in [0.1, 0.15) is 0 Å². The molecule has 1 saturated heterocycles. The average Bonchev–Trinajstić information content (AvgIpc) is 2.24. The molecule has 1 heterocycles. The van der Waals surface area contributed by atoms with Gasteiger partial charge in [-0.25, -0.2) is 0 Å². The molecule has 0 aliphatic carbocycles. The number of hydrogen-bond acceptors (Lipinski definition) is 2. The zero-order chi connectivity index (χ0) is 12.0. The molecule has 0 N–H and O–H groups in total. The fraction of sp³-hybridized carbons (Fsp3) is 0.714. The molecule has 0 saturated carbocycles. The smallest absolute Gasteiger partial charge is 0.0682 e. The first kappa shape index (κ1) is 14.1. The van der Waals surface area contributed by atoms with E-state index in [0.717, 1.165) is 18.8 Å². The van der Waals surface area contributed by atoms with Crippen LogP contribution in [0.4, 0.5) is 0 Å². The van der Waals surface area contributed by atoms with E-state index in [-0.39, 0.29) is 0 Å². The Morgan fingerprint density at radius 3 is 2.44 bits per heavy atom. The van der Waals surface area contributed by atoms with Gasteiger partial charge in [-0.2, -0.15) is 0 Å². The van der Waals surface area contributed by atoms with Crippen LogP contribution < -0.4 is 0 Å². The Bertz CT molecular complexity index is 259. The molecule has 0 atom stereocenters. The van der Waals surface area contributed by atoms with Crippen LogP contribution in [0.3, 0.4) is 0 Å². The van der Waals surface area contributed by atoms with E-state index in [1.807, 2.05) is 0 Å². The monoisotopic (exact) mass is 254 g/mol. The third-order valence-electron chi connectivity index (χ3n) is 2.90. The summed E-state index contributed by atoms with van der Waals surface area (Å²) >= 11 is 4.16. The minimum absolute atomic E-state index is 0.457. The molecule has 90 valence electrons. The van der Waals surface area contributed by atoms with Crippen molar-refractivity contribution in [3.63, 3.8) is 0 Å². The number of terminal acetylenes is 1. The fourth-order valence-electron chi connectivity index (χ4n) is 1.50. The van der Waals surface area contributed by atoms with E-state index in [1.54, 1.807) is 0 Å². The van der Waals surface area contributed by atoms with Crippen molar-refractivity contribution in [3.05, 3.63) is 12.2 Å². The third kappa shape index (κ3) is 4.89. The van der Waals surface area contributed by atoms with Gasteiger partial charge in [0.25, 0.3) is 0 Å². The van der Waals surface area contributed by atoms with Crippen LogP contribution in [-0.4, -0.2) is 16.1 Å². The van der Waals surface area contributed by atoms with Crippen molar-refractivity contribution in [2.75, 3.05) is 11.5 Å². The first-order valence-electron chi connectivity index (χ1n) is 5.87. The van der Waals surface area contributed by atoms with Crippen molar-refractivity contribution in [1.29, 1.82) is 0 Å². The van der Waals surface area contributed by atoms with Gasteiger partial charge in [-0.1, -0.05) is 32.9 Å². The highest BCUT2D eigenvalue weighted by molar-refractivity contribution is 8.17. The lowest BCUT2D eigenvalue weighted by Crippen LogP contribution is -2.29. The Morgan fingerprint density at radius 1 is 1.31 bits per heavy atom. The first-order chi connectivity index (χ1) is 7.54. The van der Waals surface area contributed by atoms with E-state index in [9.17, 15) is 0 Å². The highest BCUT2D eigenvalue weighted by Crippen LogP contribution is 2.41. The van der Waals surface area contributed by atoms with Crippen LogP contribution in [0.25, 0.3) is 0 Å². The van der Waals surface area contributed by atoms with Crippen molar-refractivity contribution in [2.24, 2.45) is 11.3 Å². The molecule has 0 aromatic carbocycles. The summed E-state index contributed by atoms with van der Waals surface area (Å²) in [6, 6.07) is 0. The van der Waals surface area contributed by atoms with Gasteiger partial charge in [0.15, 0.2) is 0 Å². The van der Waals surface area contributed by atoms with Crippen molar-refractivity contribution < 1.29 is 0 Å². The normalized spacial score (nSPS) is 26.9. The lowest BCUT2D eigenvalue weighted by atomic mass is 9.83. The van der Waals surface area contributed by atoms with Crippen molar-refractivity contribution >= 4 is 23.5 Å². The molecule has 0 bridgehead atoms. The summed E-state index contributed by atoms with van der Waals surface area (Å²) in [7, 11) is 0. The predicted molar refractivity (Wildman–Crippen MR) is 78.9 cm³/mol. The Morgan fingerprint density at radius 2 is 1.94 bits per heavy atom. The van der Waals surface area contributed by atoms with Gasteiger partial charge in [0.05, 0.1) is 4.58 Å². The van der Waals surface area contributed by atoms with E-state index in [4.69, 9.17) is 6.42 Å². The van der Waals surface area contributed by atoms with Crippen molar-refractivity contribution in [1.82, 2.24) is 0 Å². The quantitative estimate of drug-likeness (QED) is 0.415. The minimum Gasteiger partial charge on any atom is -0.143 e. The van der Waals surface area contributed by atoms with Gasteiger partial charge < -0.3 is 0 Å². The maximum atomic E-state index is 5.22. The molecule has 0 nitrogen and oxygen atoms in total. The maximum absolute atomic E-state index is 5.22. The molecule has 1 aliphatic rings. The van der Waals surface area contributed by atoms with E-state index in [2.05, 4.69) is 62.4 Å². The largest absolute Gasteiger partial charge is 0.143 e. The lowest BCUT2D eigenvalue weighted by molar-refractivity contribution is 0.293. The first-order valence-corrected chi connectivity index (χ1v) is 7.97. The Kier molecular flexibility index (Phi) is 5.86. The molecule has 2 heteroatoms. The molecule has 0 unspecified atom stereocenters. The van der Waals surface area contributed by atoms with E-state index in [1.165, 1.54) is 11.5 Å². The summed E-state index contributed by atoms with van der Waals surface area (Å²) in [5.41, 5.74) is 0.457. The third-order valence-corrected chi connectivity index (χ3v) is 5.87. The van der Waals surface area contributed by atoms with Gasteiger partial charge in [-0.3, -0.25) is 0 Å². The lowest BCUT2D eigenvalue weighted by Gasteiger charge is -2.35. The van der Waals surface area contributed by atoms with Gasteiger partial charge in [-0.05, 0) is 29.3 Å². The number of hydrogen-bond donors (Lipinski definition) is 0. The minimum atomic E-state index is 0.457. The van der Waals surface area contributed by atoms with Crippen LogP contribution in [0.1, 0.15) is 33.6 Å². The van der Waals surface area contributed by atoms with Crippen LogP contribution in [0, 0.1) is 23.7 Å². The second-order valence-corrected chi connectivity index (χ2v) is 7.92. The molecular formula is C14H22S2. The molecule has 0 amide bonds. The molecular weight excluding hydrogens is 232 g/mol. The molecule has 0 aromatic rings. The molecule has 0 aromatic heterocycles. The zero-order valence-corrected chi connectivity index (χ0v) is 12.2. The number of allylic oxidation sites excluding steroid dienone is 1. The maximum Gasteiger partial charge on any atom is 0.0682 e. The summed E-state index contributed by atoms with van der Waals surface area (Å²) in [6.45, 7) is 7.05. The van der Waals surface area contributed by atoms with E-state index >= 15 is 0 Å². The van der Waals surface area contributed by atoms with Crippen LogP contribution in [0.15, 0.2) is 12.2 Å². The van der Waals surface area contributed by atoms with E-state index < -0.39 is 0 Å². The van der Waals surface area contributed by atoms with Gasteiger partial charge in [0.2, 0.25) is 0 Å². The summed E-state index contributed by atoms with van der Waals surface area (Å²) in [4.78, 5) is 0. The Balaban J connectivity index is 2.27. The zero-order valence-electron chi connectivity index (χ0n) is 10.5. The summed E-state index contributed by atoms with van der Waals surface area (Å²) in [5.74, 6) is 6.10.